The maximum Gasteiger partial charge on any atom is 0.472 e. The van der Waals surface area contributed by atoms with Gasteiger partial charge in [-0.1, -0.05) is 184 Å². The highest BCUT2D eigenvalue weighted by Gasteiger charge is 2.25. The van der Waals surface area contributed by atoms with Gasteiger partial charge in [0.1, 0.15) is 6.61 Å². The van der Waals surface area contributed by atoms with Crippen LogP contribution in [0.5, 0.6) is 0 Å². The van der Waals surface area contributed by atoms with E-state index in [1.807, 2.05) is 12.2 Å². The molecule has 0 aromatic heterocycles. The number of esters is 2. The number of unbranched alkanes of at least 4 members (excludes halogenated alkanes) is 20. The van der Waals surface area contributed by atoms with Crippen LogP contribution in [0.4, 0.5) is 0 Å². The zero-order valence-corrected chi connectivity index (χ0v) is 36.0. The second-order valence-corrected chi connectivity index (χ2v) is 16.0. The summed E-state index contributed by atoms with van der Waals surface area (Å²) in [7, 11) is -4.39. The number of allylic oxidation sites excluding steroid dienone is 8. The smallest absolute Gasteiger partial charge is 0.462 e. The van der Waals surface area contributed by atoms with Crippen molar-refractivity contribution in [2.45, 2.75) is 200 Å². The fourth-order valence-electron chi connectivity index (χ4n) is 5.93. The van der Waals surface area contributed by atoms with E-state index in [-0.39, 0.29) is 32.6 Å². The van der Waals surface area contributed by atoms with E-state index >= 15 is 0 Å². The summed E-state index contributed by atoms with van der Waals surface area (Å²) >= 11 is 0. The molecule has 0 saturated heterocycles. The Morgan fingerprint density at radius 1 is 0.545 bits per heavy atom. The highest BCUT2D eigenvalue weighted by atomic mass is 31.2. The van der Waals surface area contributed by atoms with Crippen molar-refractivity contribution in [3.8, 4) is 0 Å². The Bertz CT molecular complexity index is 1040. The van der Waals surface area contributed by atoms with E-state index in [0.29, 0.717) is 6.42 Å². The minimum absolute atomic E-state index is 0.0425. The lowest BCUT2D eigenvalue weighted by molar-refractivity contribution is -0.161. The second kappa shape index (κ2) is 41.6. The molecular weight excluding hydrogens is 713 g/mol. The SMILES string of the molecule is CCCCCCCC/C=C\C/C=C\C/C=C\C/C=C\CCC(=O)OC(COC(=O)CCCCCCCCCCCCCCCCC)COP(=O)(O)OCCN. The van der Waals surface area contributed by atoms with E-state index in [1.165, 1.54) is 122 Å². The van der Waals surface area contributed by atoms with Gasteiger partial charge in [0.2, 0.25) is 0 Å². The molecule has 55 heavy (non-hydrogen) atoms. The molecule has 320 valence electrons. The molecule has 0 bridgehead atoms. The molecule has 0 amide bonds. The Balaban J connectivity index is 4.26. The number of phosphoric ester groups is 1. The van der Waals surface area contributed by atoms with Gasteiger partial charge in [0.05, 0.1) is 13.2 Å². The van der Waals surface area contributed by atoms with Gasteiger partial charge >= 0.3 is 19.8 Å². The third-order valence-corrected chi connectivity index (χ3v) is 10.2. The van der Waals surface area contributed by atoms with Crippen LogP contribution in [0.25, 0.3) is 0 Å². The van der Waals surface area contributed by atoms with E-state index < -0.39 is 32.5 Å². The highest BCUT2D eigenvalue weighted by molar-refractivity contribution is 7.47. The number of phosphoric acid groups is 1. The summed E-state index contributed by atoms with van der Waals surface area (Å²) in [4.78, 5) is 34.8. The van der Waals surface area contributed by atoms with Crippen molar-refractivity contribution in [2.75, 3.05) is 26.4 Å². The first kappa shape index (κ1) is 53.0. The number of hydrogen-bond donors (Lipinski definition) is 2. The van der Waals surface area contributed by atoms with Gasteiger partial charge in [-0.15, -0.1) is 0 Å². The number of carbonyl (C=O) groups is 2. The molecule has 0 aliphatic heterocycles. The minimum Gasteiger partial charge on any atom is -0.462 e. The van der Waals surface area contributed by atoms with Crippen molar-refractivity contribution >= 4 is 19.8 Å². The van der Waals surface area contributed by atoms with E-state index in [1.54, 1.807) is 0 Å². The Kier molecular flexibility index (Phi) is 40.1. The Morgan fingerprint density at radius 2 is 0.982 bits per heavy atom. The number of ether oxygens (including phenoxy) is 2. The molecule has 2 unspecified atom stereocenters. The average Bonchev–Trinajstić information content (AvgIpc) is 3.17. The lowest BCUT2D eigenvalue weighted by Gasteiger charge is -2.19. The molecule has 0 spiro atoms. The van der Waals surface area contributed by atoms with Gasteiger partial charge in [0.25, 0.3) is 0 Å². The molecule has 0 heterocycles. The first-order valence-electron chi connectivity index (χ1n) is 22.1. The molecule has 0 fully saturated rings. The van der Waals surface area contributed by atoms with Gasteiger partial charge in [-0.05, 0) is 44.9 Å². The summed E-state index contributed by atoms with van der Waals surface area (Å²) in [6.45, 7) is 3.65. The van der Waals surface area contributed by atoms with Crippen LogP contribution in [0.3, 0.4) is 0 Å². The third kappa shape index (κ3) is 41.4. The molecule has 9 nitrogen and oxygen atoms in total. The van der Waals surface area contributed by atoms with Crippen LogP contribution >= 0.6 is 7.82 Å². The van der Waals surface area contributed by atoms with Crippen LogP contribution < -0.4 is 5.73 Å². The molecular formula is C45H82NO8P. The largest absolute Gasteiger partial charge is 0.472 e. The second-order valence-electron chi connectivity index (χ2n) is 14.6. The molecule has 3 N–H and O–H groups in total. The van der Waals surface area contributed by atoms with E-state index in [4.69, 9.17) is 24.3 Å². The van der Waals surface area contributed by atoms with Crippen LogP contribution in [0.15, 0.2) is 48.6 Å². The maximum atomic E-state index is 12.5. The third-order valence-electron chi connectivity index (χ3n) is 9.23. The average molecular weight is 796 g/mol. The first-order valence-corrected chi connectivity index (χ1v) is 23.6. The maximum absolute atomic E-state index is 12.5. The van der Waals surface area contributed by atoms with Crippen LogP contribution in [0, 0.1) is 0 Å². The zero-order valence-electron chi connectivity index (χ0n) is 35.2. The van der Waals surface area contributed by atoms with Gasteiger partial charge in [0, 0.05) is 19.4 Å². The van der Waals surface area contributed by atoms with Gasteiger partial charge in [-0.3, -0.25) is 18.6 Å². The highest BCUT2D eigenvalue weighted by Crippen LogP contribution is 2.43. The topological polar surface area (TPSA) is 134 Å². The molecule has 0 aromatic carbocycles. The van der Waals surface area contributed by atoms with Crippen LogP contribution in [0.1, 0.15) is 194 Å². The van der Waals surface area contributed by atoms with Gasteiger partial charge in [0.15, 0.2) is 6.10 Å². The number of hydrogen-bond acceptors (Lipinski definition) is 8. The fraction of sp³-hybridized carbons (Fsp3) is 0.778. The number of nitrogens with two attached hydrogens (primary N) is 1. The minimum atomic E-state index is -4.39. The van der Waals surface area contributed by atoms with Crippen molar-refractivity contribution in [1.29, 1.82) is 0 Å². The van der Waals surface area contributed by atoms with Gasteiger partial charge < -0.3 is 20.1 Å². The predicted molar refractivity (Wildman–Crippen MR) is 229 cm³/mol. The molecule has 0 radical (unpaired) electrons. The number of rotatable bonds is 41. The lowest BCUT2D eigenvalue weighted by Crippen LogP contribution is -2.29. The van der Waals surface area contributed by atoms with Gasteiger partial charge in [-0.2, -0.15) is 0 Å². The lowest BCUT2D eigenvalue weighted by atomic mass is 10.0. The monoisotopic (exact) mass is 796 g/mol. The summed E-state index contributed by atoms with van der Waals surface area (Å²) in [6.07, 6.45) is 47.3. The van der Waals surface area contributed by atoms with E-state index in [2.05, 4.69) is 50.3 Å². The van der Waals surface area contributed by atoms with Crippen molar-refractivity contribution in [1.82, 2.24) is 0 Å². The molecule has 0 aliphatic rings. The van der Waals surface area contributed by atoms with Crippen molar-refractivity contribution in [3.05, 3.63) is 48.6 Å². The van der Waals surface area contributed by atoms with Crippen LogP contribution in [0.2, 0.25) is 0 Å². The molecule has 0 aliphatic carbocycles. The van der Waals surface area contributed by atoms with Crippen molar-refractivity contribution in [3.63, 3.8) is 0 Å². The standard InChI is InChI=1S/C45H82NO8P/c1-3-5-7-9-11-13-15-17-19-20-21-22-24-26-28-30-32-34-36-38-45(48)54-43(42-53-55(49,50)52-40-39-46)41-51-44(47)37-35-33-31-29-27-25-23-18-16-14-12-10-8-6-4-2/h17,19,21-22,26,28,32,34,43H,3-16,18,20,23-25,27,29-31,33,35-42,46H2,1-2H3,(H,49,50)/b19-17-,22-21-,28-26-,34-32-. The molecule has 0 saturated carbocycles. The van der Waals surface area contributed by atoms with Crippen LogP contribution in [-0.4, -0.2) is 49.3 Å². The number of carbonyl (C=O) groups excluding carboxylic acids is 2. The molecule has 0 rings (SSSR count). The normalized spacial score (nSPS) is 13.7. The van der Waals surface area contributed by atoms with Crippen molar-refractivity contribution < 1.29 is 37.6 Å². The molecule has 2 atom stereocenters. The summed E-state index contributed by atoms with van der Waals surface area (Å²) in [6, 6.07) is 0. The first-order chi connectivity index (χ1) is 26.8. The Labute approximate surface area is 336 Å². The Morgan fingerprint density at radius 3 is 1.47 bits per heavy atom. The van der Waals surface area contributed by atoms with Gasteiger partial charge in [-0.25, -0.2) is 4.57 Å². The summed E-state index contributed by atoms with van der Waals surface area (Å²) in [5, 5.41) is 0. The summed E-state index contributed by atoms with van der Waals surface area (Å²) < 4.78 is 32.7. The Hall–Kier alpha value is -2.03. The molecule has 0 aromatic rings. The summed E-state index contributed by atoms with van der Waals surface area (Å²) in [5.74, 6) is -0.918. The zero-order chi connectivity index (χ0) is 40.3. The van der Waals surface area contributed by atoms with E-state index in [0.717, 1.165) is 38.5 Å². The predicted octanol–water partition coefficient (Wildman–Crippen LogP) is 12.7. The summed E-state index contributed by atoms with van der Waals surface area (Å²) in [5.41, 5.74) is 5.34. The molecule has 10 heteroatoms. The fourth-order valence-corrected chi connectivity index (χ4v) is 6.70. The van der Waals surface area contributed by atoms with Crippen molar-refractivity contribution in [2.24, 2.45) is 5.73 Å². The van der Waals surface area contributed by atoms with E-state index in [9.17, 15) is 19.0 Å². The van der Waals surface area contributed by atoms with Crippen LogP contribution in [-0.2, 0) is 32.7 Å². The quantitative estimate of drug-likeness (QED) is 0.0268.